The number of hydrogen-bond donors (Lipinski definition) is 2. The van der Waals surface area contributed by atoms with Crippen LogP contribution in [0.2, 0.25) is 0 Å². The number of benzene rings is 3. The molecule has 1 fully saturated rings. The normalized spacial score (nSPS) is 16.7. The van der Waals surface area contributed by atoms with Gasteiger partial charge in [-0.2, -0.15) is 0 Å². The second kappa shape index (κ2) is 10.9. The minimum absolute atomic E-state index is 0.0776. The molecule has 38 heavy (non-hydrogen) atoms. The molecule has 3 aromatic rings. The maximum absolute atomic E-state index is 13.3. The van der Waals surface area contributed by atoms with Gasteiger partial charge in [-0.05, 0) is 81.3 Å². The highest BCUT2D eigenvalue weighted by Gasteiger charge is 2.38. The van der Waals surface area contributed by atoms with Crippen molar-refractivity contribution in [3.05, 3.63) is 95.8 Å². The second-order valence-electron chi connectivity index (χ2n) is 10.2. The Labute approximate surface area is 221 Å². The number of halogens is 1. The fourth-order valence-electron chi connectivity index (χ4n) is 4.17. The van der Waals surface area contributed by atoms with Crippen molar-refractivity contribution in [3.63, 3.8) is 0 Å². The van der Waals surface area contributed by atoms with E-state index in [0.717, 1.165) is 5.56 Å². The van der Waals surface area contributed by atoms with E-state index in [4.69, 9.17) is 4.74 Å². The molecule has 1 heterocycles. The van der Waals surface area contributed by atoms with Crippen LogP contribution in [0, 0.1) is 5.82 Å². The lowest BCUT2D eigenvalue weighted by Crippen LogP contribution is -2.46. The van der Waals surface area contributed by atoms with E-state index in [0.29, 0.717) is 12.1 Å². The topological polar surface area (TPSA) is 105 Å². The first-order valence-electron chi connectivity index (χ1n) is 12.1. The van der Waals surface area contributed by atoms with Crippen LogP contribution in [0.4, 0.5) is 14.9 Å². The van der Waals surface area contributed by atoms with Crippen molar-refractivity contribution < 1.29 is 27.1 Å². The number of nitrogens with zero attached hydrogens (tertiary/aromatic N) is 1. The molecule has 0 radical (unpaired) electrons. The molecule has 8 nitrogen and oxygen atoms in total. The number of cyclic esters (lactones) is 1. The van der Waals surface area contributed by atoms with E-state index < -0.39 is 45.5 Å². The van der Waals surface area contributed by atoms with Gasteiger partial charge in [0.15, 0.2) is 0 Å². The van der Waals surface area contributed by atoms with Crippen LogP contribution in [0.25, 0.3) is 0 Å². The quantitative estimate of drug-likeness (QED) is 0.445. The van der Waals surface area contributed by atoms with Crippen molar-refractivity contribution in [1.82, 2.24) is 10.0 Å². The molecule has 0 aromatic heterocycles. The van der Waals surface area contributed by atoms with Crippen molar-refractivity contribution in [2.75, 3.05) is 11.4 Å². The molecule has 0 spiro atoms. The molecule has 1 aliphatic heterocycles. The SMILES string of the molecule is CC(C)(C)NS(=O)(=O)c1ccc(N2CC([C@H](Cc3ccccc3)NC(=O)c3ccc(F)cc3)OC2=O)cc1. The summed E-state index contributed by atoms with van der Waals surface area (Å²) in [6, 6.07) is 20.1. The van der Waals surface area contributed by atoms with Gasteiger partial charge in [-0.1, -0.05) is 30.3 Å². The Balaban J connectivity index is 1.53. The fourth-order valence-corrected chi connectivity index (χ4v) is 5.59. The summed E-state index contributed by atoms with van der Waals surface area (Å²) in [7, 11) is -3.73. The molecular weight excluding hydrogens is 509 g/mol. The average molecular weight is 540 g/mol. The number of hydrogen-bond acceptors (Lipinski definition) is 5. The standard InChI is InChI=1S/C28H30FN3O5S/c1-28(2,3)31-38(35,36)23-15-13-22(14-16-23)32-18-25(37-27(32)34)24(17-19-7-5-4-6-8-19)30-26(33)20-9-11-21(29)12-10-20/h4-16,24-25,31H,17-18H2,1-3H3,(H,30,33)/t24-,25?/m0/s1. The Morgan fingerprint density at radius 1 is 1.03 bits per heavy atom. The monoisotopic (exact) mass is 539 g/mol. The summed E-state index contributed by atoms with van der Waals surface area (Å²) in [5, 5.41) is 2.93. The summed E-state index contributed by atoms with van der Waals surface area (Å²) in [4.78, 5) is 27.2. The minimum atomic E-state index is -3.73. The van der Waals surface area contributed by atoms with E-state index >= 15 is 0 Å². The van der Waals surface area contributed by atoms with Crippen LogP contribution >= 0.6 is 0 Å². The summed E-state index contributed by atoms with van der Waals surface area (Å²) < 4.78 is 46.8. The highest BCUT2D eigenvalue weighted by Crippen LogP contribution is 2.26. The predicted molar refractivity (Wildman–Crippen MR) is 142 cm³/mol. The molecule has 4 rings (SSSR count). The first-order valence-corrected chi connectivity index (χ1v) is 13.6. The van der Waals surface area contributed by atoms with Gasteiger partial charge >= 0.3 is 6.09 Å². The van der Waals surface area contributed by atoms with Gasteiger partial charge in [-0.15, -0.1) is 0 Å². The highest BCUT2D eigenvalue weighted by atomic mass is 32.2. The number of rotatable bonds is 8. The Morgan fingerprint density at radius 3 is 2.26 bits per heavy atom. The molecular formula is C28H30FN3O5S. The Morgan fingerprint density at radius 2 is 1.66 bits per heavy atom. The van der Waals surface area contributed by atoms with E-state index in [1.165, 1.54) is 41.3 Å². The van der Waals surface area contributed by atoms with Gasteiger partial charge in [0.25, 0.3) is 5.91 Å². The molecule has 1 saturated heterocycles. The number of carbonyl (C=O) groups is 2. The summed E-state index contributed by atoms with van der Waals surface area (Å²) in [6.45, 7) is 5.40. The highest BCUT2D eigenvalue weighted by molar-refractivity contribution is 7.89. The zero-order valence-electron chi connectivity index (χ0n) is 21.3. The van der Waals surface area contributed by atoms with Crippen molar-refractivity contribution >= 4 is 27.7 Å². The van der Waals surface area contributed by atoms with Gasteiger partial charge in [0, 0.05) is 16.8 Å². The number of amides is 2. The summed E-state index contributed by atoms with van der Waals surface area (Å²) in [5.41, 5.74) is 1.05. The number of nitrogens with one attached hydrogen (secondary N) is 2. The molecule has 10 heteroatoms. The molecule has 0 saturated carbocycles. The minimum Gasteiger partial charge on any atom is -0.442 e. The predicted octanol–water partition coefficient (Wildman–Crippen LogP) is 4.27. The zero-order chi connectivity index (χ0) is 27.5. The van der Waals surface area contributed by atoms with Crippen molar-refractivity contribution in [2.45, 2.75) is 49.8 Å². The molecule has 2 N–H and O–H groups in total. The number of anilines is 1. The zero-order valence-corrected chi connectivity index (χ0v) is 22.2. The lowest BCUT2D eigenvalue weighted by molar-refractivity contribution is 0.0840. The van der Waals surface area contributed by atoms with Crippen molar-refractivity contribution in [2.24, 2.45) is 0 Å². The molecule has 200 valence electrons. The van der Waals surface area contributed by atoms with E-state index in [1.54, 1.807) is 32.9 Å². The lowest BCUT2D eigenvalue weighted by atomic mass is 10.0. The first kappa shape index (κ1) is 27.3. The Kier molecular flexibility index (Phi) is 7.84. The summed E-state index contributed by atoms with van der Waals surface area (Å²) in [5.74, 6) is -0.864. The summed E-state index contributed by atoms with van der Waals surface area (Å²) in [6.07, 6.45) is -0.888. The van der Waals surface area contributed by atoms with E-state index in [2.05, 4.69) is 10.0 Å². The smallest absolute Gasteiger partial charge is 0.414 e. The van der Waals surface area contributed by atoms with Crippen LogP contribution in [-0.4, -0.2) is 44.6 Å². The van der Waals surface area contributed by atoms with Crippen LogP contribution in [0.5, 0.6) is 0 Å². The second-order valence-corrected chi connectivity index (χ2v) is 11.8. The molecule has 0 aliphatic carbocycles. The Bertz CT molecular complexity index is 1390. The third-order valence-corrected chi connectivity index (χ3v) is 7.68. The van der Waals surface area contributed by atoms with Gasteiger partial charge in [0.1, 0.15) is 11.9 Å². The van der Waals surface area contributed by atoms with Crippen LogP contribution in [0.1, 0.15) is 36.7 Å². The maximum atomic E-state index is 13.3. The van der Waals surface area contributed by atoms with Crippen LogP contribution < -0.4 is 14.9 Å². The molecule has 1 aliphatic rings. The van der Waals surface area contributed by atoms with Crippen LogP contribution in [0.3, 0.4) is 0 Å². The van der Waals surface area contributed by atoms with Gasteiger partial charge in [0.2, 0.25) is 10.0 Å². The molecule has 1 unspecified atom stereocenters. The summed E-state index contributed by atoms with van der Waals surface area (Å²) >= 11 is 0. The van der Waals surface area contributed by atoms with Gasteiger partial charge in [-0.25, -0.2) is 22.3 Å². The van der Waals surface area contributed by atoms with Gasteiger partial charge < -0.3 is 10.1 Å². The largest absolute Gasteiger partial charge is 0.442 e. The van der Waals surface area contributed by atoms with Crippen molar-refractivity contribution in [1.29, 1.82) is 0 Å². The Hall–Kier alpha value is -3.76. The van der Waals surface area contributed by atoms with Crippen molar-refractivity contribution in [3.8, 4) is 0 Å². The van der Waals surface area contributed by atoms with Gasteiger partial charge in [0.05, 0.1) is 17.5 Å². The average Bonchev–Trinajstić information content (AvgIpc) is 3.25. The maximum Gasteiger partial charge on any atom is 0.414 e. The molecule has 2 amide bonds. The first-order chi connectivity index (χ1) is 17.9. The van der Waals surface area contributed by atoms with Gasteiger partial charge in [-0.3, -0.25) is 9.69 Å². The molecule has 2 atom stereocenters. The van der Waals surface area contributed by atoms with E-state index in [1.807, 2.05) is 30.3 Å². The third kappa shape index (κ3) is 6.76. The molecule has 0 bridgehead atoms. The van der Waals surface area contributed by atoms with Crippen LogP contribution in [-0.2, 0) is 21.2 Å². The third-order valence-electron chi connectivity index (χ3n) is 5.90. The van der Waals surface area contributed by atoms with E-state index in [9.17, 15) is 22.4 Å². The lowest BCUT2D eigenvalue weighted by Gasteiger charge is -2.24. The van der Waals surface area contributed by atoms with Crippen LogP contribution in [0.15, 0.2) is 83.8 Å². The number of carbonyl (C=O) groups excluding carboxylic acids is 2. The number of ether oxygens (including phenoxy) is 1. The molecule has 3 aromatic carbocycles. The number of sulfonamides is 1. The fraction of sp³-hybridized carbons (Fsp3) is 0.286. The van der Waals surface area contributed by atoms with E-state index in [-0.39, 0.29) is 17.0 Å².